The van der Waals surface area contributed by atoms with Crippen LogP contribution in [0.25, 0.3) is 0 Å². The molecule has 0 spiro atoms. The Morgan fingerprint density at radius 3 is 2.53 bits per heavy atom. The summed E-state index contributed by atoms with van der Waals surface area (Å²) in [6.45, 7) is 11.8. The van der Waals surface area contributed by atoms with Gasteiger partial charge in [-0.15, -0.1) is 0 Å². The van der Waals surface area contributed by atoms with Crippen LogP contribution < -0.4 is 0 Å². The number of hydrogen-bond acceptors (Lipinski definition) is 2. The Kier molecular flexibility index (Phi) is 4.40. The summed E-state index contributed by atoms with van der Waals surface area (Å²) in [5.41, 5.74) is 0.0992. The summed E-state index contributed by atoms with van der Waals surface area (Å²) in [5, 5.41) is 0. The third-order valence-electron chi connectivity index (χ3n) is 4.79. The molecular weight excluding hydrogens is 210 g/mol. The van der Waals surface area contributed by atoms with Crippen LogP contribution in [0.2, 0.25) is 0 Å². The predicted octanol–water partition coefficient (Wildman–Crippen LogP) is 3.50. The van der Waals surface area contributed by atoms with Gasteiger partial charge in [0.25, 0.3) is 0 Å². The van der Waals surface area contributed by atoms with Gasteiger partial charge in [0.15, 0.2) is 0 Å². The molecular formula is C15H29NO. The van der Waals surface area contributed by atoms with Crippen molar-refractivity contribution in [1.82, 2.24) is 4.90 Å². The van der Waals surface area contributed by atoms with Gasteiger partial charge in [-0.05, 0) is 40.2 Å². The minimum atomic E-state index is -0.0971. The van der Waals surface area contributed by atoms with E-state index < -0.39 is 0 Å². The first-order chi connectivity index (χ1) is 7.70. The highest BCUT2D eigenvalue weighted by atomic mass is 16.1. The Labute approximate surface area is 107 Å². The quantitative estimate of drug-likeness (QED) is 0.748. The lowest BCUT2D eigenvalue weighted by Crippen LogP contribution is -2.47. The predicted molar refractivity (Wildman–Crippen MR) is 73.1 cm³/mol. The highest BCUT2D eigenvalue weighted by molar-refractivity contribution is 5.87. The van der Waals surface area contributed by atoms with E-state index >= 15 is 0 Å². The molecule has 2 heteroatoms. The molecule has 1 saturated carbocycles. The van der Waals surface area contributed by atoms with Crippen molar-refractivity contribution < 1.29 is 4.79 Å². The molecule has 0 aromatic carbocycles. The molecule has 0 radical (unpaired) electrons. The Balaban J connectivity index is 2.66. The van der Waals surface area contributed by atoms with Gasteiger partial charge >= 0.3 is 0 Å². The van der Waals surface area contributed by atoms with Gasteiger partial charge in [-0.25, -0.2) is 0 Å². The number of hydrogen-bond donors (Lipinski definition) is 0. The zero-order chi connectivity index (χ0) is 13.3. The van der Waals surface area contributed by atoms with E-state index in [2.05, 4.69) is 46.6 Å². The third kappa shape index (κ3) is 3.31. The SMILES string of the molecule is CCC(C)(C)N(C)CC1CCCC(C)(C)C1=O. The molecule has 0 bridgehead atoms. The van der Waals surface area contributed by atoms with Crippen LogP contribution in [-0.2, 0) is 4.79 Å². The van der Waals surface area contributed by atoms with Crippen molar-refractivity contribution in [1.29, 1.82) is 0 Å². The van der Waals surface area contributed by atoms with E-state index in [9.17, 15) is 4.79 Å². The monoisotopic (exact) mass is 239 g/mol. The molecule has 1 unspecified atom stereocenters. The lowest BCUT2D eigenvalue weighted by molar-refractivity contribution is -0.135. The van der Waals surface area contributed by atoms with E-state index in [4.69, 9.17) is 0 Å². The summed E-state index contributed by atoms with van der Waals surface area (Å²) in [6.07, 6.45) is 4.45. The Morgan fingerprint density at radius 2 is 2.00 bits per heavy atom. The van der Waals surface area contributed by atoms with Gasteiger partial charge in [-0.3, -0.25) is 4.79 Å². The fourth-order valence-corrected chi connectivity index (χ4v) is 2.62. The summed E-state index contributed by atoms with van der Waals surface area (Å²) in [6, 6.07) is 0. The lowest BCUT2D eigenvalue weighted by atomic mass is 9.70. The van der Waals surface area contributed by atoms with E-state index in [0.717, 1.165) is 25.8 Å². The second-order valence-electron chi connectivity index (χ2n) is 6.88. The molecule has 1 fully saturated rings. The first-order valence-electron chi connectivity index (χ1n) is 6.96. The summed E-state index contributed by atoms with van der Waals surface area (Å²) in [4.78, 5) is 14.7. The number of carbonyl (C=O) groups excluding carboxylic acids is 1. The number of carbonyl (C=O) groups is 1. The van der Waals surface area contributed by atoms with Gasteiger partial charge < -0.3 is 4.90 Å². The van der Waals surface area contributed by atoms with Gasteiger partial charge in [0, 0.05) is 23.4 Å². The van der Waals surface area contributed by atoms with Crippen molar-refractivity contribution in [2.24, 2.45) is 11.3 Å². The maximum atomic E-state index is 12.4. The van der Waals surface area contributed by atoms with Crippen molar-refractivity contribution >= 4 is 5.78 Å². The molecule has 0 aromatic heterocycles. The van der Waals surface area contributed by atoms with Crippen LogP contribution in [0.5, 0.6) is 0 Å². The fourth-order valence-electron chi connectivity index (χ4n) is 2.62. The average Bonchev–Trinajstić information content (AvgIpc) is 2.24. The molecule has 1 aliphatic rings. The van der Waals surface area contributed by atoms with Crippen LogP contribution in [0.15, 0.2) is 0 Å². The largest absolute Gasteiger partial charge is 0.301 e. The molecule has 1 atom stereocenters. The van der Waals surface area contributed by atoms with Crippen molar-refractivity contribution in [3.8, 4) is 0 Å². The van der Waals surface area contributed by atoms with Crippen molar-refractivity contribution in [3.05, 3.63) is 0 Å². The van der Waals surface area contributed by atoms with Crippen LogP contribution in [-0.4, -0.2) is 29.8 Å². The molecule has 17 heavy (non-hydrogen) atoms. The summed E-state index contributed by atoms with van der Waals surface area (Å²) < 4.78 is 0. The van der Waals surface area contributed by atoms with Crippen LogP contribution in [0.1, 0.15) is 60.3 Å². The van der Waals surface area contributed by atoms with Crippen LogP contribution >= 0.6 is 0 Å². The van der Waals surface area contributed by atoms with Gasteiger partial charge in [0.1, 0.15) is 5.78 Å². The second-order valence-corrected chi connectivity index (χ2v) is 6.88. The molecule has 0 saturated heterocycles. The molecule has 1 aliphatic carbocycles. The summed E-state index contributed by atoms with van der Waals surface area (Å²) >= 11 is 0. The molecule has 0 heterocycles. The van der Waals surface area contributed by atoms with E-state index in [1.807, 2.05) is 0 Å². The van der Waals surface area contributed by atoms with E-state index in [-0.39, 0.29) is 16.9 Å². The fraction of sp³-hybridized carbons (Fsp3) is 0.933. The maximum absolute atomic E-state index is 12.4. The van der Waals surface area contributed by atoms with Gasteiger partial charge in [-0.2, -0.15) is 0 Å². The maximum Gasteiger partial charge on any atom is 0.142 e. The molecule has 0 aliphatic heterocycles. The van der Waals surface area contributed by atoms with E-state index in [1.165, 1.54) is 6.42 Å². The normalized spacial score (nSPS) is 25.4. The molecule has 0 amide bonds. The summed E-state index contributed by atoms with van der Waals surface area (Å²) in [5.74, 6) is 0.720. The van der Waals surface area contributed by atoms with E-state index in [1.54, 1.807) is 0 Å². The Bertz CT molecular complexity index is 281. The standard InChI is InChI=1S/C15H29NO/c1-7-15(4,5)16(6)11-12-9-8-10-14(2,3)13(12)17/h12H,7-11H2,1-6H3. The van der Waals surface area contributed by atoms with E-state index in [0.29, 0.717) is 5.78 Å². The topological polar surface area (TPSA) is 20.3 Å². The Morgan fingerprint density at radius 1 is 1.41 bits per heavy atom. The van der Waals surface area contributed by atoms with Crippen LogP contribution in [0.4, 0.5) is 0 Å². The van der Waals surface area contributed by atoms with Crippen molar-refractivity contribution in [2.45, 2.75) is 65.8 Å². The van der Waals surface area contributed by atoms with Gasteiger partial charge in [0.2, 0.25) is 0 Å². The molecule has 100 valence electrons. The highest BCUT2D eigenvalue weighted by Gasteiger charge is 2.38. The number of rotatable bonds is 4. The molecule has 2 nitrogen and oxygen atoms in total. The molecule has 0 aromatic rings. The minimum absolute atomic E-state index is 0.0971. The highest BCUT2D eigenvalue weighted by Crippen LogP contribution is 2.36. The number of nitrogens with zero attached hydrogens (tertiary/aromatic N) is 1. The minimum Gasteiger partial charge on any atom is -0.301 e. The van der Waals surface area contributed by atoms with Crippen molar-refractivity contribution in [3.63, 3.8) is 0 Å². The second kappa shape index (κ2) is 5.09. The summed E-state index contributed by atoms with van der Waals surface area (Å²) in [7, 11) is 2.15. The molecule has 0 N–H and O–H groups in total. The number of Topliss-reactive ketones (excluding diaryl/α,β-unsaturated/α-hetero) is 1. The zero-order valence-electron chi connectivity index (χ0n) is 12.5. The van der Waals surface area contributed by atoms with Gasteiger partial charge in [0.05, 0.1) is 0 Å². The average molecular weight is 239 g/mol. The third-order valence-corrected chi connectivity index (χ3v) is 4.79. The first-order valence-corrected chi connectivity index (χ1v) is 6.96. The first kappa shape index (κ1) is 14.7. The number of ketones is 1. The van der Waals surface area contributed by atoms with Crippen molar-refractivity contribution in [2.75, 3.05) is 13.6 Å². The smallest absolute Gasteiger partial charge is 0.142 e. The molecule has 1 rings (SSSR count). The zero-order valence-corrected chi connectivity index (χ0v) is 12.5. The van der Waals surface area contributed by atoms with Crippen LogP contribution in [0.3, 0.4) is 0 Å². The lowest BCUT2D eigenvalue weighted by Gasteiger charge is -2.40. The Hall–Kier alpha value is -0.370. The van der Waals surface area contributed by atoms with Gasteiger partial charge in [-0.1, -0.05) is 27.2 Å². The van der Waals surface area contributed by atoms with Crippen LogP contribution in [0, 0.1) is 11.3 Å².